The molecule has 3 rings (SSSR count). The number of hydrogen-bond donors (Lipinski definition) is 3. The van der Waals surface area contributed by atoms with Crippen molar-refractivity contribution < 1.29 is 14.7 Å². The summed E-state index contributed by atoms with van der Waals surface area (Å²) < 4.78 is 0. The number of hydrogen-bond acceptors (Lipinski definition) is 3. The van der Waals surface area contributed by atoms with Crippen LogP contribution in [-0.4, -0.2) is 29.1 Å². The summed E-state index contributed by atoms with van der Waals surface area (Å²) in [6.45, 7) is 0.648. The SMILES string of the molecule is O=C(O)C(NC(=O)[C@@H]1Cc2ccccc2CN1)C1CC1. The van der Waals surface area contributed by atoms with Crippen molar-refractivity contribution in [3.05, 3.63) is 35.4 Å². The van der Waals surface area contributed by atoms with E-state index < -0.39 is 12.0 Å². The number of carboxylic acids is 1. The van der Waals surface area contributed by atoms with Gasteiger partial charge in [0.25, 0.3) is 0 Å². The Kier molecular flexibility index (Phi) is 3.44. The number of aliphatic carboxylic acids is 1. The molecule has 20 heavy (non-hydrogen) atoms. The minimum Gasteiger partial charge on any atom is -0.480 e. The van der Waals surface area contributed by atoms with Crippen LogP contribution >= 0.6 is 0 Å². The maximum absolute atomic E-state index is 12.2. The zero-order valence-electron chi connectivity index (χ0n) is 11.1. The van der Waals surface area contributed by atoms with Crippen LogP contribution in [0, 0.1) is 5.92 Å². The molecule has 1 unspecified atom stereocenters. The number of carboxylic acid groups (broad SMARTS) is 1. The zero-order chi connectivity index (χ0) is 14.1. The molecule has 2 atom stereocenters. The van der Waals surface area contributed by atoms with Gasteiger partial charge < -0.3 is 15.7 Å². The lowest BCUT2D eigenvalue weighted by molar-refractivity contribution is -0.142. The van der Waals surface area contributed by atoms with E-state index in [1.54, 1.807) is 0 Å². The monoisotopic (exact) mass is 274 g/mol. The molecule has 0 saturated heterocycles. The van der Waals surface area contributed by atoms with Gasteiger partial charge in [-0.25, -0.2) is 4.79 Å². The van der Waals surface area contributed by atoms with Crippen LogP contribution in [0.25, 0.3) is 0 Å². The number of amides is 1. The summed E-state index contributed by atoms with van der Waals surface area (Å²) in [5.74, 6) is -1.04. The van der Waals surface area contributed by atoms with Crippen molar-refractivity contribution >= 4 is 11.9 Å². The van der Waals surface area contributed by atoms with E-state index in [2.05, 4.69) is 10.6 Å². The van der Waals surface area contributed by atoms with Crippen LogP contribution in [0.2, 0.25) is 0 Å². The van der Waals surface area contributed by atoms with Crippen molar-refractivity contribution in [2.24, 2.45) is 5.92 Å². The first kappa shape index (κ1) is 13.1. The Morgan fingerprint density at radius 1 is 1.25 bits per heavy atom. The molecule has 5 nitrogen and oxygen atoms in total. The van der Waals surface area contributed by atoms with Crippen LogP contribution in [0.4, 0.5) is 0 Å². The Bertz CT molecular complexity index is 540. The highest BCUT2D eigenvalue weighted by molar-refractivity contribution is 5.87. The molecule has 0 radical (unpaired) electrons. The van der Waals surface area contributed by atoms with E-state index in [0.717, 1.165) is 18.4 Å². The first-order chi connectivity index (χ1) is 9.65. The Labute approximate surface area is 117 Å². The molecule has 1 aliphatic heterocycles. The Morgan fingerprint density at radius 2 is 1.95 bits per heavy atom. The molecule has 1 aromatic carbocycles. The fraction of sp³-hybridized carbons (Fsp3) is 0.467. The number of nitrogens with one attached hydrogen (secondary N) is 2. The largest absolute Gasteiger partial charge is 0.480 e. The van der Waals surface area contributed by atoms with Gasteiger partial charge in [-0.05, 0) is 36.3 Å². The van der Waals surface area contributed by atoms with Gasteiger partial charge in [-0.15, -0.1) is 0 Å². The van der Waals surface area contributed by atoms with Crippen LogP contribution in [0.5, 0.6) is 0 Å². The second-order valence-corrected chi connectivity index (χ2v) is 5.57. The second-order valence-electron chi connectivity index (χ2n) is 5.57. The van der Waals surface area contributed by atoms with Gasteiger partial charge in [-0.3, -0.25) is 4.79 Å². The molecule has 3 N–H and O–H groups in total. The van der Waals surface area contributed by atoms with Crippen molar-refractivity contribution in [2.75, 3.05) is 0 Å². The molecule has 0 spiro atoms. The van der Waals surface area contributed by atoms with Gasteiger partial charge in [0.2, 0.25) is 5.91 Å². The van der Waals surface area contributed by atoms with Gasteiger partial charge in [-0.1, -0.05) is 24.3 Å². The average Bonchev–Trinajstić information content (AvgIpc) is 3.28. The van der Waals surface area contributed by atoms with E-state index in [1.165, 1.54) is 5.56 Å². The minimum atomic E-state index is -0.933. The van der Waals surface area contributed by atoms with Gasteiger partial charge in [0.1, 0.15) is 6.04 Å². The number of rotatable bonds is 4. The van der Waals surface area contributed by atoms with Crippen LogP contribution in [0.3, 0.4) is 0 Å². The summed E-state index contributed by atoms with van der Waals surface area (Å²) >= 11 is 0. The summed E-state index contributed by atoms with van der Waals surface area (Å²) in [5.41, 5.74) is 2.36. The summed E-state index contributed by atoms with van der Waals surface area (Å²) in [6, 6.07) is 6.93. The van der Waals surface area contributed by atoms with E-state index in [1.807, 2.05) is 24.3 Å². The Balaban J connectivity index is 1.65. The lowest BCUT2D eigenvalue weighted by Crippen LogP contribution is -2.52. The maximum atomic E-state index is 12.2. The van der Waals surface area contributed by atoms with Gasteiger partial charge in [0, 0.05) is 6.54 Å². The van der Waals surface area contributed by atoms with Gasteiger partial charge in [0.15, 0.2) is 0 Å². The third-order valence-corrected chi connectivity index (χ3v) is 4.06. The smallest absolute Gasteiger partial charge is 0.326 e. The second kappa shape index (κ2) is 5.25. The van der Waals surface area contributed by atoms with Gasteiger partial charge in [0.05, 0.1) is 6.04 Å². The predicted octanol–water partition coefficient (Wildman–Crippen LogP) is 0.680. The van der Waals surface area contributed by atoms with E-state index in [4.69, 9.17) is 5.11 Å². The highest BCUT2D eigenvalue weighted by atomic mass is 16.4. The van der Waals surface area contributed by atoms with Crippen molar-refractivity contribution in [2.45, 2.75) is 37.9 Å². The average molecular weight is 274 g/mol. The normalized spacial score (nSPS) is 22.7. The molecule has 1 fully saturated rings. The highest BCUT2D eigenvalue weighted by Gasteiger charge is 2.38. The fourth-order valence-corrected chi connectivity index (χ4v) is 2.70. The zero-order valence-corrected chi connectivity index (χ0v) is 11.1. The third kappa shape index (κ3) is 2.67. The molecular formula is C15H18N2O3. The van der Waals surface area contributed by atoms with Crippen molar-refractivity contribution in [3.8, 4) is 0 Å². The quantitative estimate of drug-likeness (QED) is 0.754. The predicted molar refractivity (Wildman–Crippen MR) is 73.1 cm³/mol. The first-order valence-corrected chi connectivity index (χ1v) is 6.98. The molecule has 1 heterocycles. The van der Waals surface area contributed by atoms with Crippen molar-refractivity contribution in [3.63, 3.8) is 0 Å². The molecule has 1 aromatic rings. The lowest BCUT2D eigenvalue weighted by Gasteiger charge is -2.26. The van der Waals surface area contributed by atoms with Crippen LogP contribution in [0.1, 0.15) is 24.0 Å². The molecule has 0 bridgehead atoms. The standard InChI is InChI=1S/C15H18N2O3/c18-14(17-13(15(19)20)9-5-6-9)12-7-10-3-1-2-4-11(10)8-16-12/h1-4,9,12-13,16H,5-8H2,(H,17,18)(H,19,20)/t12-,13?/m0/s1. The van der Waals surface area contributed by atoms with E-state index in [9.17, 15) is 9.59 Å². The molecule has 1 aliphatic carbocycles. The summed E-state index contributed by atoms with van der Waals surface area (Å²) in [5, 5.41) is 15.0. The lowest BCUT2D eigenvalue weighted by atomic mass is 9.95. The van der Waals surface area contributed by atoms with Crippen molar-refractivity contribution in [1.29, 1.82) is 0 Å². The van der Waals surface area contributed by atoms with Crippen LogP contribution in [-0.2, 0) is 22.6 Å². The summed E-state index contributed by atoms with van der Waals surface area (Å²) in [4.78, 5) is 23.4. The minimum absolute atomic E-state index is 0.104. The van der Waals surface area contributed by atoms with Crippen LogP contribution in [0.15, 0.2) is 24.3 Å². The number of carbonyl (C=O) groups is 2. The topological polar surface area (TPSA) is 78.4 Å². The van der Waals surface area contributed by atoms with Crippen LogP contribution < -0.4 is 10.6 Å². The molecular weight excluding hydrogens is 256 g/mol. The fourth-order valence-electron chi connectivity index (χ4n) is 2.70. The Morgan fingerprint density at radius 3 is 2.60 bits per heavy atom. The molecule has 0 aromatic heterocycles. The van der Waals surface area contributed by atoms with Gasteiger partial charge >= 0.3 is 5.97 Å². The highest BCUT2D eigenvalue weighted by Crippen LogP contribution is 2.32. The maximum Gasteiger partial charge on any atom is 0.326 e. The summed E-state index contributed by atoms with van der Waals surface area (Å²) in [7, 11) is 0. The molecule has 106 valence electrons. The first-order valence-electron chi connectivity index (χ1n) is 6.98. The third-order valence-electron chi connectivity index (χ3n) is 4.06. The van der Waals surface area contributed by atoms with E-state index in [-0.39, 0.29) is 17.9 Å². The number of fused-ring (bicyclic) bond motifs is 1. The number of benzene rings is 1. The molecule has 2 aliphatic rings. The van der Waals surface area contributed by atoms with E-state index in [0.29, 0.717) is 13.0 Å². The number of carbonyl (C=O) groups excluding carboxylic acids is 1. The van der Waals surface area contributed by atoms with Crippen molar-refractivity contribution in [1.82, 2.24) is 10.6 Å². The van der Waals surface area contributed by atoms with E-state index >= 15 is 0 Å². The Hall–Kier alpha value is -1.88. The molecule has 1 saturated carbocycles. The molecule has 1 amide bonds. The summed E-state index contributed by atoms with van der Waals surface area (Å²) in [6.07, 6.45) is 2.38. The van der Waals surface area contributed by atoms with Gasteiger partial charge in [-0.2, -0.15) is 0 Å². The molecule has 5 heteroatoms.